The molecule has 0 aliphatic carbocycles. The van der Waals surface area contributed by atoms with Gasteiger partial charge in [-0.25, -0.2) is 8.42 Å². The number of nitro groups is 1. The molecule has 0 bridgehead atoms. The number of carbonyl (C=O) groups excluding carboxylic acids is 1. The maximum absolute atomic E-state index is 13.4. The fourth-order valence-electron chi connectivity index (χ4n) is 3.13. The van der Waals surface area contributed by atoms with Crippen LogP contribution in [0.15, 0.2) is 71.6 Å². The number of nitrogens with one attached hydrogen (secondary N) is 1. The molecule has 14 heteroatoms. The van der Waals surface area contributed by atoms with Crippen molar-refractivity contribution in [2.24, 2.45) is 0 Å². The monoisotopic (exact) mass is 543 g/mol. The number of non-ortho nitro benzene ring substituents is 1. The summed E-state index contributed by atoms with van der Waals surface area (Å²) in [6.07, 6.45) is -4.82. The van der Waals surface area contributed by atoms with Crippen LogP contribution in [0.3, 0.4) is 0 Å². The van der Waals surface area contributed by atoms with Gasteiger partial charge in [-0.05, 0) is 36.4 Å². The highest BCUT2D eigenvalue weighted by atomic mass is 35.5. The smallest absolute Gasteiger partial charge is 0.416 e. The molecule has 0 saturated heterocycles. The van der Waals surface area contributed by atoms with Crippen LogP contribution in [0.2, 0.25) is 5.02 Å². The number of hydrogen-bond donors (Lipinski definition) is 1. The van der Waals surface area contributed by atoms with E-state index in [1.54, 1.807) is 0 Å². The van der Waals surface area contributed by atoms with Gasteiger partial charge in [0.05, 0.1) is 38.9 Å². The van der Waals surface area contributed by atoms with Gasteiger partial charge in [-0.2, -0.15) is 13.2 Å². The van der Waals surface area contributed by atoms with Gasteiger partial charge >= 0.3 is 6.18 Å². The molecule has 3 aromatic carbocycles. The van der Waals surface area contributed by atoms with Crippen molar-refractivity contribution in [3.05, 3.63) is 87.4 Å². The van der Waals surface area contributed by atoms with Gasteiger partial charge in [0.1, 0.15) is 12.3 Å². The average Bonchev–Trinajstić information content (AvgIpc) is 2.82. The number of halogens is 4. The van der Waals surface area contributed by atoms with Gasteiger partial charge in [0.25, 0.3) is 15.7 Å². The van der Waals surface area contributed by atoms with Crippen LogP contribution in [0.1, 0.15) is 5.56 Å². The van der Waals surface area contributed by atoms with Crippen molar-refractivity contribution in [3.8, 4) is 5.75 Å². The van der Waals surface area contributed by atoms with Gasteiger partial charge in [-0.3, -0.25) is 19.2 Å². The lowest BCUT2D eigenvalue weighted by Gasteiger charge is -2.26. The predicted molar refractivity (Wildman–Crippen MR) is 126 cm³/mol. The average molecular weight is 544 g/mol. The van der Waals surface area contributed by atoms with E-state index >= 15 is 0 Å². The lowest BCUT2D eigenvalue weighted by atomic mass is 10.2. The number of amides is 1. The van der Waals surface area contributed by atoms with Crippen LogP contribution in [-0.2, 0) is 21.0 Å². The zero-order chi connectivity index (χ0) is 26.7. The Kier molecular flexibility index (Phi) is 7.74. The van der Waals surface area contributed by atoms with Crippen molar-refractivity contribution in [3.63, 3.8) is 0 Å². The predicted octanol–water partition coefficient (Wildman–Crippen LogP) is 5.11. The van der Waals surface area contributed by atoms with Crippen molar-refractivity contribution in [1.29, 1.82) is 0 Å². The third-order valence-corrected chi connectivity index (χ3v) is 6.92. The molecule has 0 aromatic heterocycles. The number of alkyl halides is 3. The second kappa shape index (κ2) is 10.4. The van der Waals surface area contributed by atoms with Crippen molar-refractivity contribution in [1.82, 2.24) is 0 Å². The van der Waals surface area contributed by atoms with Gasteiger partial charge in [0.15, 0.2) is 0 Å². The lowest BCUT2D eigenvalue weighted by molar-refractivity contribution is -0.384. The number of anilines is 2. The first-order valence-electron chi connectivity index (χ1n) is 9.91. The van der Waals surface area contributed by atoms with Crippen LogP contribution >= 0.6 is 11.6 Å². The minimum Gasteiger partial charge on any atom is -0.495 e. The highest BCUT2D eigenvalue weighted by Gasteiger charge is 2.34. The Morgan fingerprint density at radius 3 is 2.36 bits per heavy atom. The molecule has 0 fully saturated rings. The number of nitrogens with zero attached hydrogens (tertiary/aromatic N) is 2. The summed E-state index contributed by atoms with van der Waals surface area (Å²) in [4.78, 5) is 23.0. The number of ether oxygens (including phenoxy) is 1. The minimum atomic E-state index is -4.82. The summed E-state index contributed by atoms with van der Waals surface area (Å²) in [5, 5.41) is 13.0. The van der Waals surface area contributed by atoms with E-state index in [9.17, 15) is 36.5 Å². The normalized spacial score (nSPS) is 11.6. The molecule has 3 aromatic rings. The summed E-state index contributed by atoms with van der Waals surface area (Å²) in [7, 11) is -3.34. The van der Waals surface area contributed by atoms with Crippen LogP contribution in [0, 0.1) is 10.1 Å². The number of methoxy groups -OCH3 is 1. The van der Waals surface area contributed by atoms with Crippen molar-refractivity contribution >= 4 is 44.6 Å². The van der Waals surface area contributed by atoms with Gasteiger partial charge in [-0.15, -0.1) is 0 Å². The van der Waals surface area contributed by atoms with E-state index in [0.717, 1.165) is 18.2 Å². The molecule has 9 nitrogen and oxygen atoms in total. The van der Waals surface area contributed by atoms with Crippen molar-refractivity contribution in [2.75, 3.05) is 23.3 Å². The highest BCUT2D eigenvalue weighted by Crippen LogP contribution is 2.37. The van der Waals surface area contributed by atoms with E-state index in [1.807, 2.05) is 0 Å². The first kappa shape index (κ1) is 26.8. The molecule has 3 rings (SSSR count). The Morgan fingerprint density at radius 2 is 1.78 bits per heavy atom. The van der Waals surface area contributed by atoms with Gasteiger partial charge in [0.2, 0.25) is 5.91 Å². The Balaban J connectivity index is 2.07. The second-order valence-corrected chi connectivity index (χ2v) is 9.45. The van der Waals surface area contributed by atoms with Crippen LogP contribution < -0.4 is 14.4 Å². The van der Waals surface area contributed by atoms with E-state index in [-0.39, 0.29) is 27.0 Å². The molecule has 0 saturated carbocycles. The number of carbonyl (C=O) groups is 1. The van der Waals surface area contributed by atoms with Crippen LogP contribution in [0.4, 0.5) is 30.2 Å². The molecule has 1 N–H and O–H groups in total. The molecule has 0 atom stereocenters. The minimum absolute atomic E-state index is 0.0310. The van der Waals surface area contributed by atoms with Gasteiger partial charge in [0, 0.05) is 12.1 Å². The molecule has 190 valence electrons. The largest absolute Gasteiger partial charge is 0.495 e. The topological polar surface area (TPSA) is 119 Å². The van der Waals surface area contributed by atoms with E-state index in [1.165, 1.54) is 43.5 Å². The zero-order valence-electron chi connectivity index (χ0n) is 18.3. The van der Waals surface area contributed by atoms with Crippen LogP contribution in [0.25, 0.3) is 0 Å². The number of sulfonamides is 1. The van der Waals surface area contributed by atoms with Gasteiger partial charge < -0.3 is 10.1 Å². The maximum Gasteiger partial charge on any atom is 0.416 e. The fourth-order valence-corrected chi connectivity index (χ4v) is 4.85. The summed E-state index contributed by atoms with van der Waals surface area (Å²) >= 11 is 6.08. The highest BCUT2D eigenvalue weighted by molar-refractivity contribution is 7.92. The molecule has 0 spiro atoms. The quantitative estimate of drug-likeness (QED) is 0.311. The summed E-state index contributed by atoms with van der Waals surface area (Å²) in [5.74, 6) is -0.995. The van der Waals surface area contributed by atoms with Crippen molar-refractivity contribution in [2.45, 2.75) is 11.1 Å². The Labute approximate surface area is 208 Å². The third-order valence-electron chi connectivity index (χ3n) is 4.83. The van der Waals surface area contributed by atoms with E-state index in [0.29, 0.717) is 16.4 Å². The fraction of sp³-hybridized carbons (Fsp3) is 0.136. The lowest BCUT2D eigenvalue weighted by Crippen LogP contribution is -2.38. The Bertz CT molecular complexity index is 1400. The first-order chi connectivity index (χ1) is 16.8. The number of benzene rings is 3. The molecular weight excluding hydrogens is 527 g/mol. The summed E-state index contributed by atoms with van der Waals surface area (Å²) < 4.78 is 72.4. The van der Waals surface area contributed by atoms with Crippen molar-refractivity contribution < 1.29 is 36.0 Å². The number of hydrogen-bond acceptors (Lipinski definition) is 6. The molecule has 0 aliphatic rings. The summed E-state index contributed by atoms with van der Waals surface area (Å²) in [5.41, 5.74) is -2.31. The Hall–Kier alpha value is -3.84. The molecule has 0 unspecified atom stereocenters. The molecule has 1 amide bonds. The molecule has 0 radical (unpaired) electrons. The number of nitro benzene ring substituents is 1. The molecule has 0 heterocycles. The molecular formula is C22H17ClF3N3O6S. The first-order valence-corrected chi connectivity index (χ1v) is 11.7. The molecule has 0 aliphatic heterocycles. The standard InChI is InChI=1S/C22H17ClF3N3O6S/c1-35-20-10-8-15(29(31)32)12-18(20)27-21(30)13-28(36(33,34)16-5-3-2-4-6-16)19-11-14(22(24,25)26)7-9-17(19)23/h2-12H,13H2,1H3,(H,27,30). The van der Waals surface area contributed by atoms with E-state index < -0.39 is 44.8 Å². The number of rotatable bonds is 8. The zero-order valence-corrected chi connectivity index (χ0v) is 19.9. The van der Waals surface area contributed by atoms with Crippen LogP contribution in [-0.4, -0.2) is 32.9 Å². The van der Waals surface area contributed by atoms with E-state index in [2.05, 4.69) is 5.32 Å². The summed E-state index contributed by atoms with van der Waals surface area (Å²) in [6.45, 7) is -1.01. The SMILES string of the molecule is COc1ccc([N+](=O)[O-])cc1NC(=O)CN(c1cc(C(F)(F)F)ccc1Cl)S(=O)(=O)c1ccccc1. The van der Waals surface area contributed by atoms with Crippen LogP contribution in [0.5, 0.6) is 5.75 Å². The Morgan fingerprint density at radius 1 is 1.11 bits per heavy atom. The van der Waals surface area contributed by atoms with E-state index in [4.69, 9.17) is 16.3 Å². The molecule has 36 heavy (non-hydrogen) atoms. The van der Waals surface area contributed by atoms with Gasteiger partial charge in [-0.1, -0.05) is 29.8 Å². The third kappa shape index (κ3) is 5.86. The summed E-state index contributed by atoms with van der Waals surface area (Å²) in [6, 6.07) is 12.1. The second-order valence-electron chi connectivity index (χ2n) is 7.18. The maximum atomic E-state index is 13.4.